The Kier molecular flexibility index (Phi) is 1.34. The first-order valence-electron chi connectivity index (χ1n) is 1.09. The standard InChI is InChI=1S/ClF5OTe/c1-7-8(2,3,4,5)6. The zero-order chi connectivity index (χ0) is 7.12. The van der Waals surface area contributed by atoms with Crippen molar-refractivity contribution in [3.05, 3.63) is 0 Å². The summed E-state index contributed by atoms with van der Waals surface area (Å²) in [7, 11) is 0. The van der Waals surface area contributed by atoms with E-state index in [1.54, 1.807) is 2.65 Å². The molecule has 0 fully saturated rings. The molecule has 0 aliphatic rings. The Morgan fingerprint density at radius 3 is 1.12 bits per heavy atom. The van der Waals surface area contributed by atoms with Gasteiger partial charge in [-0.1, -0.05) is 0 Å². The summed E-state index contributed by atoms with van der Waals surface area (Å²) in [5, 5.41) is 0. The molecule has 0 aliphatic heterocycles. The Morgan fingerprint density at radius 2 is 1.12 bits per heavy atom. The second-order valence-electron chi connectivity index (χ2n) is 0.961. The van der Waals surface area contributed by atoms with Crippen LogP contribution in [-0.4, -0.2) is 18.7 Å². The molecule has 0 saturated heterocycles. The van der Waals surface area contributed by atoms with Gasteiger partial charge in [0.1, 0.15) is 0 Å². The molecule has 0 aliphatic carbocycles. The summed E-state index contributed by atoms with van der Waals surface area (Å²) in [6, 6.07) is 0. The summed E-state index contributed by atoms with van der Waals surface area (Å²) < 4.78 is 54.9. The monoisotopic (exact) mass is 276 g/mol. The van der Waals surface area contributed by atoms with Crippen LogP contribution in [0.5, 0.6) is 0 Å². The zero-order valence-electron chi connectivity index (χ0n) is 3.08. The molecule has 0 atom stereocenters. The number of halogens is 6. The molecular formula is ClF5OTe. The molecule has 8 heteroatoms. The van der Waals surface area contributed by atoms with Crippen LogP contribution in [0.4, 0.5) is 14.5 Å². The Labute approximate surface area is 48.1 Å². The van der Waals surface area contributed by atoms with Gasteiger partial charge in [-0.05, 0) is 0 Å². The average molecular weight is 274 g/mol. The van der Waals surface area contributed by atoms with Gasteiger partial charge in [-0.3, -0.25) is 0 Å². The second-order valence-corrected chi connectivity index (χ2v) is 7.29. The molecule has 0 N–H and O–H groups in total. The molecule has 54 valence electrons. The van der Waals surface area contributed by atoms with Gasteiger partial charge in [0.25, 0.3) is 0 Å². The van der Waals surface area contributed by atoms with Crippen LogP contribution in [-0.2, 0) is 2.65 Å². The van der Waals surface area contributed by atoms with Crippen molar-refractivity contribution < 1.29 is 17.1 Å². The van der Waals surface area contributed by atoms with Crippen molar-refractivity contribution in [2.24, 2.45) is 0 Å². The van der Waals surface area contributed by atoms with Gasteiger partial charge in [-0.25, -0.2) is 0 Å². The topological polar surface area (TPSA) is 9.23 Å². The molecule has 0 aromatic carbocycles. The van der Waals surface area contributed by atoms with Crippen LogP contribution < -0.4 is 0 Å². The van der Waals surface area contributed by atoms with E-state index in [4.69, 9.17) is 0 Å². The van der Waals surface area contributed by atoms with Gasteiger partial charge in [0, 0.05) is 0 Å². The Balaban J connectivity index is 4.50. The van der Waals surface area contributed by atoms with Crippen molar-refractivity contribution in [3.63, 3.8) is 0 Å². The molecule has 0 bridgehead atoms. The predicted molar refractivity (Wildman–Crippen MR) is 18.2 cm³/mol. The van der Waals surface area contributed by atoms with E-state index in [0.717, 1.165) is 0 Å². The summed E-state index contributed by atoms with van der Waals surface area (Å²) in [5.41, 5.74) is 0. The van der Waals surface area contributed by atoms with Crippen LogP contribution in [0, 0.1) is 0 Å². The molecule has 0 unspecified atom stereocenters. The zero-order valence-corrected chi connectivity index (χ0v) is 6.17. The maximum absolute atomic E-state index is 10.7. The van der Waals surface area contributed by atoms with Gasteiger partial charge < -0.3 is 0 Å². The normalized spacial score (nSPS) is 21.8. The molecule has 0 rings (SSSR count). The van der Waals surface area contributed by atoms with Gasteiger partial charge in [-0.2, -0.15) is 0 Å². The Hall–Kier alpha value is 0.690. The molecular weight excluding hydrogens is 274 g/mol. The SMILES string of the molecule is F[Te](F)(F)(F)(F)OCl. The van der Waals surface area contributed by atoms with E-state index in [-0.39, 0.29) is 0 Å². The van der Waals surface area contributed by atoms with Gasteiger partial charge in [-0.15, -0.1) is 0 Å². The molecule has 1 nitrogen and oxygen atoms in total. The van der Waals surface area contributed by atoms with E-state index in [1.165, 1.54) is 0 Å². The minimum atomic E-state index is -10.5. The summed E-state index contributed by atoms with van der Waals surface area (Å²) in [4.78, 5) is 0. The molecule has 0 radical (unpaired) electrons. The van der Waals surface area contributed by atoms with Crippen molar-refractivity contribution in [3.8, 4) is 0 Å². The van der Waals surface area contributed by atoms with Crippen molar-refractivity contribution in [2.75, 3.05) is 0 Å². The number of hydrogen-bond donors (Lipinski definition) is 0. The third-order valence-corrected chi connectivity index (χ3v) is 2.40. The molecule has 0 spiro atoms. The molecule has 8 heavy (non-hydrogen) atoms. The van der Waals surface area contributed by atoms with E-state index in [2.05, 4.69) is 11.9 Å². The van der Waals surface area contributed by atoms with Gasteiger partial charge in [0.15, 0.2) is 0 Å². The Morgan fingerprint density at radius 1 is 1.00 bits per heavy atom. The van der Waals surface area contributed by atoms with E-state index in [1.807, 2.05) is 0 Å². The van der Waals surface area contributed by atoms with Crippen LogP contribution in [0.3, 0.4) is 0 Å². The molecule has 0 amide bonds. The number of hydrogen-bond acceptors (Lipinski definition) is 1. The molecule has 0 aromatic rings. The van der Waals surface area contributed by atoms with Gasteiger partial charge in [0.2, 0.25) is 0 Å². The van der Waals surface area contributed by atoms with Crippen LogP contribution >= 0.6 is 11.9 Å². The third-order valence-electron chi connectivity index (χ3n) is 0.119. The fourth-order valence-electron chi connectivity index (χ4n) is 0. The van der Waals surface area contributed by atoms with E-state index in [0.29, 0.717) is 0 Å². The first-order chi connectivity index (χ1) is 3.04. The fraction of sp³-hybridized carbons (Fsp3) is 0. The van der Waals surface area contributed by atoms with Crippen molar-refractivity contribution in [1.29, 1.82) is 0 Å². The third kappa shape index (κ3) is 6.69. The van der Waals surface area contributed by atoms with Crippen LogP contribution in [0.1, 0.15) is 0 Å². The van der Waals surface area contributed by atoms with Crippen LogP contribution in [0.2, 0.25) is 0 Å². The second kappa shape index (κ2) is 1.24. The molecule has 0 aromatic heterocycles. The van der Waals surface area contributed by atoms with Gasteiger partial charge >= 0.3 is 47.7 Å². The quantitative estimate of drug-likeness (QED) is 0.527. The summed E-state index contributed by atoms with van der Waals surface area (Å²) in [6.07, 6.45) is 0. The average Bonchev–Trinajstić information content (AvgIpc) is 1.30. The first-order valence-corrected chi connectivity index (χ1v) is 6.76. The number of rotatable bonds is 1. The van der Waals surface area contributed by atoms with Crippen molar-refractivity contribution in [1.82, 2.24) is 0 Å². The summed E-state index contributed by atoms with van der Waals surface area (Å²) in [6.45, 7) is 0. The maximum atomic E-state index is 10.7. The predicted octanol–water partition coefficient (Wildman–Crippen LogP) is 2.34. The van der Waals surface area contributed by atoms with Crippen molar-refractivity contribution >= 4 is 30.6 Å². The van der Waals surface area contributed by atoms with E-state index >= 15 is 0 Å². The van der Waals surface area contributed by atoms with Gasteiger partial charge in [0.05, 0.1) is 0 Å². The van der Waals surface area contributed by atoms with Crippen LogP contribution in [0.25, 0.3) is 0 Å². The fourth-order valence-corrected chi connectivity index (χ4v) is 0. The van der Waals surface area contributed by atoms with E-state index in [9.17, 15) is 14.5 Å². The minimum absolute atomic E-state index is 1.64. The van der Waals surface area contributed by atoms with Crippen molar-refractivity contribution in [2.45, 2.75) is 0 Å². The molecule has 0 heterocycles. The Bertz CT molecular complexity index is 95.6. The first kappa shape index (κ1) is 8.69. The molecule has 0 saturated carbocycles. The van der Waals surface area contributed by atoms with Crippen LogP contribution in [0.15, 0.2) is 0 Å². The summed E-state index contributed by atoms with van der Waals surface area (Å²) in [5.74, 6) is 0. The van der Waals surface area contributed by atoms with E-state index < -0.39 is 18.7 Å². The summed E-state index contributed by atoms with van der Waals surface area (Å²) >= 11 is -7.01.